The van der Waals surface area contributed by atoms with Crippen LogP contribution in [-0.2, 0) is 0 Å². The molecule has 2 amide bonds. The van der Waals surface area contributed by atoms with Gasteiger partial charge in [-0.25, -0.2) is 0 Å². The summed E-state index contributed by atoms with van der Waals surface area (Å²) in [4.78, 5) is 29.0. The second-order valence-electron chi connectivity index (χ2n) is 8.29. The fraction of sp³-hybridized carbons (Fsp3) is 0.440. The molecule has 30 heavy (non-hydrogen) atoms. The van der Waals surface area contributed by atoms with Gasteiger partial charge in [-0.3, -0.25) is 9.59 Å². The second-order valence-corrected chi connectivity index (χ2v) is 8.29. The van der Waals surface area contributed by atoms with Crippen LogP contribution in [0.15, 0.2) is 54.6 Å². The van der Waals surface area contributed by atoms with Crippen LogP contribution in [0.2, 0.25) is 0 Å². The molecule has 0 aliphatic carbocycles. The molecule has 2 aliphatic heterocycles. The third kappa shape index (κ3) is 5.02. The highest BCUT2D eigenvalue weighted by atomic mass is 16.5. The van der Waals surface area contributed by atoms with Crippen LogP contribution in [0, 0.1) is 5.92 Å². The van der Waals surface area contributed by atoms with Gasteiger partial charge in [-0.1, -0.05) is 18.2 Å². The summed E-state index contributed by atoms with van der Waals surface area (Å²) in [5, 5.41) is 0. The minimum absolute atomic E-state index is 0.115. The zero-order chi connectivity index (χ0) is 20.8. The average molecular weight is 407 g/mol. The Morgan fingerprint density at radius 3 is 1.93 bits per heavy atom. The highest BCUT2D eigenvalue weighted by Gasteiger charge is 2.24. The van der Waals surface area contributed by atoms with Gasteiger partial charge in [0.2, 0.25) is 0 Å². The molecular weight excluding hydrogens is 376 g/mol. The van der Waals surface area contributed by atoms with Crippen molar-refractivity contribution >= 4 is 11.8 Å². The summed E-state index contributed by atoms with van der Waals surface area (Å²) in [6, 6.07) is 17.0. The number of amides is 2. The van der Waals surface area contributed by atoms with E-state index >= 15 is 0 Å². The number of piperidine rings is 2. The maximum absolute atomic E-state index is 12.6. The monoisotopic (exact) mass is 406 g/mol. The van der Waals surface area contributed by atoms with E-state index in [4.69, 9.17) is 4.74 Å². The maximum Gasteiger partial charge on any atom is 0.253 e. The lowest BCUT2D eigenvalue weighted by molar-refractivity contribution is 0.0659. The van der Waals surface area contributed by atoms with Crippen molar-refractivity contribution in [2.75, 3.05) is 32.8 Å². The maximum atomic E-state index is 12.6. The molecule has 4 rings (SSSR count). The first-order chi connectivity index (χ1) is 14.7. The molecule has 158 valence electrons. The van der Waals surface area contributed by atoms with E-state index in [-0.39, 0.29) is 11.8 Å². The lowest BCUT2D eigenvalue weighted by atomic mass is 9.97. The standard InChI is InChI=1S/C25H30N2O3/c28-24(21-7-3-1-4-8-21)27-17-13-20(14-18-27)19-30-23-11-9-22(10-12-23)25(29)26-15-5-2-6-16-26/h1,3-4,7-12,20H,2,5-6,13-19H2. The van der Waals surface area contributed by atoms with Crippen LogP contribution >= 0.6 is 0 Å². The van der Waals surface area contributed by atoms with Gasteiger partial charge in [-0.2, -0.15) is 0 Å². The lowest BCUT2D eigenvalue weighted by Gasteiger charge is -2.32. The minimum atomic E-state index is 0.115. The van der Waals surface area contributed by atoms with Crippen LogP contribution in [0.3, 0.4) is 0 Å². The number of ether oxygens (including phenoxy) is 1. The molecule has 2 fully saturated rings. The van der Waals surface area contributed by atoms with Gasteiger partial charge < -0.3 is 14.5 Å². The van der Waals surface area contributed by atoms with Crippen molar-refractivity contribution in [3.8, 4) is 5.75 Å². The smallest absolute Gasteiger partial charge is 0.253 e. The molecule has 2 aliphatic rings. The van der Waals surface area contributed by atoms with E-state index in [0.717, 1.165) is 68.7 Å². The highest BCUT2D eigenvalue weighted by Crippen LogP contribution is 2.22. The van der Waals surface area contributed by atoms with Crippen molar-refractivity contribution in [2.24, 2.45) is 5.92 Å². The van der Waals surface area contributed by atoms with Gasteiger partial charge in [0, 0.05) is 37.3 Å². The zero-order valence-corrected chi connectivity index (χ0v) is 17.5. The third-order valence-electron chi connectivity index (χ3n) is 6.15. The number of nitrogens with zero attached hydrogens (tertiary/aromatic N) is 2. The van der Waals surface area contributed by atoms with Crippen LogP contribution in [-0.4, -0.2) is 54.4 Å². The minimum Gasteiger partial charge on any atom is -0.493 e. The summed E-state index contributed by atoms with van der Waals surface area (Å²) in [5.74, 6) is 1.48. The number of likely N-dealkylation sites (tertiary alicyclic amines) is 2. The molecule has 2 heterocycles. The molecule has 5 heteroatoms. The van der Waals surface area contributed by atoms with E-state index in [9.17, 15) is 9.59 Å². The molecule has 0 spiro atoms. The Labute approximate surface area is 178 Å². The summed E-state index contributed by atoms with van der Waals surface area (Å²) in [6.07, 6.45) is 5.31. The fourth-order valence-electron chi connectivity index (χ4n) is 4.25. The SMILES string of the molecule is O=C(c1ccc(OCC2CCN(C(=O)c3ccccc3)CC2)cc1)N1CCCCC1. The quantitative estimate of drug-likeness (QED) is 0.746. The van der Waals surface area contributed by atoms with Crippen LogP contribution in [0.25, 0.3) is 0 Å². The van der Waals surface area contributed by atoms with Crippen molar-refractivity contribution in [1.82, 2.24) is 9.80 Å². The van der Waals surface area contributed by atoms with Crippen LogP contribution in [0.4, 0.5) is 0 Å². The van der Waals surface area contributed by atoms with E-state index in [0.29, 0.717) is 12.5 Å². The number of hydrogen-bond acceptors (Lipinski definition) is 3. The lowest BCUT2D eigenvalue weighted by Crippen LogP contribution is -2.39. The summed E-state index contributed by atoms with van der Waals surface area (Å²) in [5.41, 5.74) is 1.49. The predicted molar refractivity (Wildman–Crippen MR) is 117 cm³/mol. The molecule has 5 nitrogen and oxygen atoms in total. The zero-order valence-electron chi connectivity index (χ0n) is 17.5. The molecule has 0 radical (unpaired) electrons. The van der Waals surface area contributed by atoms with Gasteiger partial charge in [0.1, 0.15) is 5.75 Å². The Bertz CT molecular complexity index is 836. The third-order valence-corrected chi connectivity index (χ3v) is 6.15. The molecule has 0 aromatic heterocycles. The van der Waals surface area contributed by atoms with Crippen molar-refractivity contribution in [2.45, 2.75) is 32.1 Å². The first kappa shape index (κ1) is 20.5. The van der Waals surface area contributed by atoms with Crippen molar-refractivity contribution in [1.29, 1.82) is 0 Å². The van der Waals surface area contributed by atoms with Crippen molar-refractivity contribution < 1.29 is 14.3 Å². The van der Waals surface area contributed by atoms with Gasteiger partial charge in [0.15, 0.2) is 0 Å². The fourth-order valence-corrected chi connectivity index (χ4v) is 4.25. The van der Waals surface area contributed by atoms with Gasteiger partial charge in [0.25, 0.3) is 11.8 Å². The molecule has 0 saturated carbocycles. The Morgan fingerprint density at radius 1 is 0.733 bits per heavy atom. The largest absolute Gasteiger partial charge is 0.493 e. The number of benzene rings is 2. The molecule has 2 aromatic rings. The second kappa shape index (κ2) is 9.79. The van der Waals surface area contributed by atoms with Gasteiger partial charge in [0.05, 0.1) is 6.61 Å². The van der Waals surface area contributed by atoms with Gasteiger partial charge in [-0.05, 0) is 74.4 Å². The number of carbonyl (C=O) groups is 2. The number of hydrogen-bond donors (Lipinski definition) is 0. The molecule has 0 N–H and O–H groups in total. The van der Waals surface area contributed by atoms with E-state index in [1.165, 1.54) is 6.42 Å². The highest BCUT2D eigenvalue weighted by molar-refractivity contribution is 5.94. The van der Waals surface area contributed by atoms with Crippen LogP contribution < -0.4 is 4.74 Å². The van der Waals surface area contributed by atoms with Gasteiger partial charge >= 0.3 is 0 Å². The predicted octanol–water partition coefficient (Wildman–Crippen LogP) is 4.24. The Kier molecular flexibility index (Phi) is 6.67. The molecule has 2 aromatic carbocycles. The molecule has 0 unspecified atom stereocenters. The molecule has 0 atom stereocenters. The van der Waals surface area contributed by atoms with E-state index < -0.39 is 0 Å². The van der Waals surface area contributed by atoms with Crippen LogP contribution in [0.5, 0.6) is 5.75 Å². The summed E-state index contributed by atoms with van der Waals surface area (Å²) >= 11 is 0. The van der Waals surface area contributed by atoms with Crippen molar-refractivity contribution in [3.05, 3.63) is 65.7 Å². The Hall–Kier alpha value is -2.82. The summed E-state index contributed by atoms with van der Waals surface area (Å²) in [7, 11) is 0. The normalized spacial score (nSPS) is 17.6. The van der Waals surface area contributed by atoms with E-state index in [1.54, 1.807) is 0 Å². The molecular formula is C25H30N2O3. The summed E-state index contributed by atoms with van der Waals surface area (Å²) < 4.78 is 5.98. The van der Waals surface area contributed by atoms with E-state index in [1.807, 2.05) is 64.4 Å². The average Bonchev–Trinajstić information content (AvgIpc) is 2.83. The molecule has 0 bridgehead atoms. The summed E-state index contributed by atoms with van der Waals surface area (Å²) in [6.45, 7) is 3.91. The Morgan fingerprint density at radius 2 is 1.30 bits per heavy atom. The first-order valence-corrected chi connectivity index (χ1v) is 11.1. The van der Waals surface area contributed by atoms with Crippen molar-refractivity contribution in [3.63, 3.8) is 0 Å². The van der Waals surface area contributed by atoms with Gasteiger partial charge in [-0.15, -0.1) is 0 Å². The first-order valence-electron chi connectivity index (χ1n) is 11.1. The molecule has 2 saturated heterocycles. The Balaban J connectivity index is 1.23. The number of carbonyl (C=O) groups excluding carboxylic acids is 2. The van der Waals surface area contributed by atoms with E-state index in [2.05, 4.69) is 0 Å². The number of rotatable bonds is 5. The topological polar surface area (TPSA) is 49.9 Å². The van der Waals surface area contributed by atoms with Crippen LogP contribution in [0.1, 0.15) is 52.8 Å².